The Bertz CT molecular complexity index is 911. The van der Waals surface area contributed by atoms with Crippen LogP contribution in [0.4, 0.5) is 0 Å². The molecule has 0 fully saturated rings. The van der Waals surface area contributed by atoms with Gasteiger partial charge in [-0.3, -0.25) is 4.79 Å². The normalized spacial score (nSPS) is 13.3. The van der Waals surface area contributed by atoms with Crippen LogP contribution in [0.5, 0.6) is 5.75 Å². The van der Waals surface area contributed by atoms with Crippen LogP contribution >= 0.6 is 0 Å². The molecule has 0 atom stereocenters. The molecule has 0 aliphatic carbocycles. The molecule has 3 heteroatoms. The summed E-state index contributed by atoms with van der Waals surface area (Å²) in [6.45, 7) is 0. The number of rotatable bonds is 1. The van der Waals surface area contributed by atoms with E-state index >= 15 is 0 Å². The van der Waals surface area contributed by atoms with Crippen LogP contribution in [-0.2, 0) is 0 Å². The predicted molar refractivity (Wildman–Crippen MR) is 82.0 cm³/mol. The summed E-state index contributed by atoms with van der Waals surface area (Å²) in [6.07, 6.45) is 0. The number of fused-ring (bicyclic) bond motifs is 2. The van der Waals surface area contributed by atoms with Crippen LogP contribution in [0.3, 0.4) is 0 Å². The van der Waals surface area contributed by atoms with E-state index in [1.54, 1.807) is 6.07 Å². The fourth-order valence-electron chi connectivity index (χ4n) is 2.76. The lowest BCUT2D eigenvalue weighted by Crippen LogP contribution is -2.01. The lowest BCUT2D eigenvalue weighted by molar-refractivity contribution is 0.101. The zero-order chi connectivity index (χ0) is 14.4. The molecule has 0 bridgehead atoms. The average molecular weight is 273 g/mol. The Morgan fingerprint density at radius 1 is 0.905 bits per heavy atom. The molecule has 21 heavy (non-hydrogen) atoms. The van der Waals surface area contributed by atoms with Gasteiger partial charge in [-0.05, 0) is 11.5 Å². The van der Waals surface area contributed by atoms with Crippen LogP contribution in [0.15, 0.2) is 65.7 Å². The van der Waals surface area contributed by atoms with Gasteiger partial charge in [0, 0.05) is 10.9 Å². The highest BCUT2D eigenvalue weighted by Crippen LogP contribution is 2.36. The van der Waals surface area contributed by atoms with Gasteiger partial charge in [0.15, 0.2) is 0 Å². The maximum absolute atomic E-state index is 12.1. The monoisotopic (exact) mass is 273 g/mol. The Labute approximate surface area is 121 Å². The van der Waals surface area contributed by atoms with E-state index in [0.29, 0.717) is 16.8 Å². The fourth-order valence-corrected chi connectivity index (χ4v) is 2.76. The molecule has 0 radical (unpaired) electrons. The van der Waals surface area contributed by atoms with Crippen LogP contribution in [0, 0.1) is 0 Å². The van der Waals surface area contributed by atoms with Crippen molar-refractivity contribution in [3.05, 3.63) is 77.4 Å². The Kier molecular flexibility index (Phi) is 2.42. The quantitative estimate of drug-likeness (QED) is 0.737. The molecule has 1 aliphatic rings. The molecule has 0 aromatic heterocycles. The molecular formula is C18H11NO2. The van der Waals surface area contributed by atoms with Crippen LogP contribution in [-0.4, -0.2) is 16.7 Å². The molecule has 1 N–H and O–H groups in total. The number of benzene rings is 3. The average Bonchev–Trinajstić information content (AvgIpc) is 2.86. The maximum atomic E-state index is 12.1. The second kappa shape index (κ2) is 4.28. The molecule has 0 unspecified atom stereocenters. The number of nitrogens with zero attached hydrogens (tertiary/aromatic N) is 1. The molecule has 1 heterocycles. The molecule has 3 aromatic rings. The van der Waals surface area contributed by atoms with E-state index < -0.39 is 0 Å². The van der Waals surface area contributed by atoms with Gasteiger partial charge >= 0.3 is 0 Å². The molecular weight excluding hydrogens is 262 g/mol. The smallest absolute Gasteiger partial charge is 0.278 e. The van der Waals surface area contributed by atoms with E-state index in [2.05, 4.69) is 4.99 Å². The first-order chi connectivity index (χ1) is 10.3. The Morgan fingerprint density at radius 3 is 2.43 bits per heavy atom. The van der Waals surface area contributed by atoms with E-state index in [4.69, 9.17) is 0 Å². The van der Waals surface area contributed by atoms with Gasteiger partial charge in [-0.2, -0.15) is 0 Å². The van der Waals surface area contributed by atoms with Crippen molar-refractivity contribution in [2.45, 2.75) is 0 Å². The minimum absolute atomic E-state index is 0.122. The second-order valence-electron chi connectivity index (χ2n) is 5.00. The second-order valence-corrected chi connectivity index (χ2v) is 5.00. The first kappa shape index (κ1) is 11.9. The minimum Gasteiger partial charge on any atom is -0.507 e. The lowest BCUT2D eigenvalue weighted by Gasteiger charge is -2.09. The van der Waals surface area contributed by atoms with Gasteiger partial charge in [0.25, 0.3) is 5.91 Å². The van der Waals surface area contributed by atoms with Crippen molar-refractivity contribution in [1.82, 2.24) is 0 Å². The van der Waals surface area contributed by atoms with Gasteiger partial charge in [0.2, 0.25) is 0 Å². The Hall–Kier alpha value is -2.94. The summed E-state index contributed by atoms with van der Waals surface area (Å²) in [4.78, 5) is 16.3. The summed E-state index contributed by atoms with van der Waals surface area (Å²) in [7, 11) is 0. The number of hydrogen-bond donors (Lipinski definition) is 1. The highest BCUT2D eigenvalue weighted by atomic mass is 16.3. The Balaban J connectivity index is 2.05. The van der Waals surface area contributed by atoms with Crippen molar-refractivity contribution in [2.24, 2.45) is 4.99 Å². The number of aromatic hydroxyl groups is 1. The molecule has 4 rings (SSSR count). The third-order valence-corrected chi connectivity index (χ3v) is 3.75. The molecule has 0 spiro atoms. The summed E-state index contributed by atoms with van der Waals surface area (Å²) >= 11 is 0. The molecule has 0 saturated heterocycles. The van der Waals surface area contributed by atoms with Crippen molar-refractivity contribution in [2.75, 3.05) is 0 Å². The number of hydrogen-bond acceptors (Lipinski definition) is 2. The van der Waals surface area contributed by atoms with Crippen molar-refractivity contribution < 1.29 is 9.90 Å². The first-order valence-corrected chi connectivity index (χ1v) is 6.69. The third-order valence-electron chi connectivity index (χ3n) is 3.75. The largest absolute Gasteiger partial charge is 0.507 e. The van der Waals surface area contributed by atoms with E-state index in [0.717, 1.165) is 16.3 Å². The van der Waals surface area contributed by atoms with Crippen molar-refractivity contribution in [3.8, 4) is 5.75 Å². The lowest BCUT2D eigenvalue weighted by atomic mass is 9.95. The van der Waals surface area contributed by atoms with Gasteiger partial charge in [-0.1, -0.05) is 54.6 Å². The summed E-state index contributed by atoms with van der Waals surface area (Å²) in [5, 5.41) is 12.2. The standard InChI is InChI=1S/C18H11NO2/c20-17-13-9-5-4-8-12(13)10-14-15(17)16(19-18(14)21)11-6-2-1-3-7-11/h1-10,20H. The molecule has 1 aliphatic heterocycles. The van der Waals surface area contributed by atoms with Crippen molar-refractivity contribution >= 4 is 22.4 Å². The third kappa shape index (κ3) is 1.68. The molecule has 1 amide bonds. The van der Waals surface area contributed by atoms with Gasteiger partial charge in [0.05, 0.1) is 16.8 Å². The summed E-state index contributed by atoms with van der Waals surface area (Å²) in [6, 6.07) is 18.7. The summed E-state index contributed by atoms with van der Waals surface area (Å²) in [5.41, 5.74) is 2.36. The maximum Gasteiger partial charge on any atom is 0.278 e. The van der Waals surface area contributed by atoms with E-state index in [1.807, 2.05) is 54.6 Å². The first-order valence-electron chi connectivity index (χ1n) is 6.69. The zero-order valence-electron chi connectivity index (χ0n) is 11.1. The molecule has 3 nitrogen and oxygen atoms in total. The summed E-state index contributed by atoms with van der Waals surface area (Å²) in [5.74, 6) is -0.179. The SMILES string of the molecule is O=C1N=C(c2ccccc2)c2c1cc1ccccc1c2O. The van der Waals surface area contributed by atoms with Gasteiger partial charge in [0.1, 0.15) is 5.75 Å². The Morgan fingerprint density at radius 2 is 1.62 bits per heavy atom. The number of amides is 1. The topological polar surface area (TPSA) is 49.7 Å². The van der Waals surface area contributed by atoms with Crippen LogP contribution in [0.2, 0.25) is 0 Å². The van der Waals surface area contributed by atoms with Gasteiger partial charge in [-0.15, -0.1) is 0 Å². The molecule has 0 saturated carbocycles. The number of aliphatic imine (C=N–C) groups is 1. The van der Waals surface area contributed by atoms with E-state index in [9.17, 15) is 9.90 Å². The molecule has 3 aromatic carbocycles. The van der Waals surface area contributed by atoms with Gasteiger partial charge in [-0.25, -0.2) is 4.99 Å². The fraction of sp³-hybridized carbons (Fsp3) is 0. The predicted octanol–water partition coefficient (Wildman–Crippen LogP) is 3.54. The van der Waals surface area contributed by atoms with Crippen molar-refractivity contribution in [1.29, 1.82) is 0 Å². The number of carbonyl (C=O) groups is 1. The minimum atomic E-state index is -0.301. The van der Waals surface area contributed by atoms with Crippen LogP contribution < -0.4 is 0 Å². The zero-order valence-corrected chi connectivity index (χ0v) is 11.1. The van der Waals surface area contributed by atoms with E-state index in [-0.39, 0.29) is 11.7 Å². The molecule has 100 valence electrons. The van der Waals surface area contributed by atoms with Crippen LogP contribution in [0.1, 0.15) is 21.5 Å². The number of phenols is 1. The van der Waals surface area contributed by atoms with Gasteiger partial charge < -0.3 is 5.11 Å². The van der Waals surface area contributed by atoms with E-state index in [1.165, 1.54) is 0 Å². The number of phenolic OH excluding ortho intramolecular Hbond substituents is 1. The highest BCUT2D eigenvalue weighted by molar-refractivity contribution is 6.30. The van der Waals surface area contributed by atoms with Crippen LogP contribution in [0.25, 0.3) is 10.8 Å². The summed E-state index contributed by atoms with van der Waals surface area (Å²) < 4.78 is 0. The highest BCUT2D eigenvalue weighted by Gasteiger charge is 2.28. The van der Waals surface area contributed by atoms with Crippen molar-refractivity contribution in [3.63, 3.8) is 0 Å². The number of carbonyl (C=O) groups excluding carboxylic acids is 1.